The van der Waals surface area contributed by atoms with E-state index >= 15 is 0 Å². The summed E-state index contributed by atoms with van der Waals surface area (Å²) in [5.74, 6) is -0.600. The highest BCUT2D eigenvalue weighted by atomic mass is 35.5. The molecule has 0 aliphatic heterocycles. The summed E-state index contributed by atoms with van der Waals surface area (Å²) in [5, 5.41) is 16.4. The first-order valence-electron chi connectivity index (χ1n) is 13.1. The molecule has 3 atom stereocenters. The molecular formula is C27H34Cl2N4O6S2. The van der Waals surface area contributed by atoms with Crippen molar-refractivity contribution in [3.63, 3.8) is 0 Å². The third kappa shape index (κ3) is 9.79. The summed E-state index contributed by atoms with van der Waals surface area (Å²) in [4.78, 5) is 27.2. The molecule has 224 valence electrons. The largest absolute Gasteiger partial charge is 0.448 e. The Kier molecular flexibility index (Phi) is 12.6. The Morgan fingerprint density at radius 3 is 2.56 bits per heavy atom. The van der Waals surface area contributed by atoms with E-state index in [2.05, 4.69) is 15.6 Å². The van der Waals surface area contributed by atoms with Gasteiger partial charge in [-0.1, -0.05) is 73.8 Å². The fourth-order valence-corrected chi connectivity index (χ4v) is 6.52. The fraction of sp³-hybridized carbons (Fsp3) is 0.444. The van der Waals surface area contributed by atoms with Crippen molar-refractivity contribution in [3.8, 4) is 0 Å². The summed E-state index contributed by atoms with van der Waals surface area (Å²) in [6.45, 7) is 3.65. The number of amides is 2. The molecule has 2 amide bonds. The van der Waals surface area contributed by atoms with Crippen molar-refractivity contribution in [1.82, 2.24) is 19.9 Å². The van der Waals surface area contributed by atoms with Crippen LogP contribution in [0.25, 0.3) is 10.2 Å². The van der Waals surface area contributed by atoms with Crippen LogP contribution in [0.4, 0.5) is 4.79 Å². The quantitative estimate of drug-likeness (QED) is 0.168. The molecule has 0 aliphatic carbocycles. The summed E-state index contributed by atoms with van der Waals surface area (Å²) in [6, 6.07) is 13.1. The van der Waals surface area contributed by atoms with Gasteiger partial charge in [-0.3, -0.25) is 4.79 Å². The fourth-order valence-electron chi connectivity index (χ4n) is 3.97. The summed E-state index contributed by atoms with van der Waals surface area (Å²) in [5.41, 5.74) is 3.19. The number of hydrogen-bond acceptors (Lipinski definition) is 8. The smallest absolute Gasteiger partial charge is 0.407 e. The van der Waals surface area contributed by atoms with E-state index < -0.39 is 39.0 Å². The number of rotatable bonds is 15. The number of alkyl carbamates (subject to hydrolysis) is 1. The minimum atomic E-state index is -3.99. The van der Waals surface area contributed by atoms with Gasteiger partial charge in [-0.2, -0.15) is 4.31 Å². The van der Waals surface area contributed by atoms with Gasteiger partial charge in [-0.25, -0.2) is 18.2 Å². The third-order valence-electron chi connectivity index (χ3n) is 6.44. The van der Waals surface area contributed by atoms with Gasteiger partial charge >= 0.3 is 6.09 Å². The molecule has 1 heterocycles. The zero-order valence-corrected chi connectivity index (χ0v) is 25.8. The summed E-state index contributed by atoms with van der Waals surface area (Å²) >= 11 is 12.3. The minimum Gasteiger partial charge on any atom is -0.448 e. The first kappa shape index (κ1) is 33.0. The molecule has 0 radical (unpaired) electrons. The Labute approximate surface area is 254 Å². The number of benzene rings is 2. The Morgan fingerprint density at radius 1 is 1.15 bits per heavy atom. The van der Waals surface area contributed by atoms with E-state index in [0.717, 1.165) is 16.7 Å². The lowest BCUT2D eigenvalue weighted by atomic mass is 10.0. The maximum atomic E-state index is 13.8. The number of halogens is 2. The lowest BCUT2D eigenvalue weighted by Crippen LogP contribution is -2.51. The van der Waals surface area contributed by atoms with Crippen LogP contribution < -0.4 is 10.6 Å². The summed E-state index contributed by atoms with van der Waals surface area (Å²) in [7, 11) is -3.99. The van der Waals surface area contributed by atoms with E-state index in [1.54, 1.807) is 17.6 Å². The van der Waals surface area contributed by atoms with E-state index in [1.165, 1.54) is 21.7 Å². The average molecular weight is 646 g/mol. The summed E-state index contributed by atoms with van der Waals surface area (Å²) < 4.78 is 34.8. The predicted octanol–water partition coefficient (Wildman–Crippen LogP) is 3.95. The molecule has 0 bridgehead atoms. The molecule has 3 rings (SSSR count). The molecule has 10 nitrogen and oxygen atoms in total. The number of thiazole rings is 1. The van der Waals surface area contributed by atoms with E-state index in [-0.39, 0.29) is 43.5 Å². The van der Waals surface area contributed by atoms with Gasteiger partial charge in [0.05, 0.1) is 39.3 Å². The second-order valence-corrected chi connectivity index (χ2v) is 13.5. The summed E-state index contributed by atoms with van der Waals surface area (Å²) in [6.07, 6.45) is -1.15. The number of ether oxygens (including phenoxy) is 1. The zero-order valence-electron chi connectivity index (χ0n) is 22.7. The van der Waals surface area contributed by atoms with Crippen LogP contribution in [-0.2, 0) is 26.0 Å². The van der Waals surface area contributed by atoms with Crippen LogP contribution in [-0.4, -0.2) is 78.0 Å². The number of aliphatic hydroxyl groups excluding tert-OH is 1. The molecule has 0 fully saturated rings. The highest BCUT2D eigenvalue weighted by Crippen LogP contribution is 2.25. The number of fused-ring (bicyclic) bond motifs is 1. The molecule has 0 aliphatic rings. The second-order valence-electron chi connectivity index (χ2n) is 9.55. The van der Waals surface area contributed by atoms with Crippen molar-refractivity contribution in [3.05, 3.63) is 59.6 Å². The Hall–Kier alpha value is -2.48. The monoisotopic (exact) mass is 644 g/mol. The van der Waals surface area contributed by atoms with Gasteiger partial charge in [0, 0.05) is 13.1 Å². The SMILES string of the molecule is CC[C@H](C)CN(C[C@@H](O)[C@H](Cc1ccccc1)NC(=O)OCCNC(=O)C(Cl)Cl)S(=O)(=O)c1ccc2ncsc2c1. The molecule has 0 spiro atoms. The first-order chi connectivity index (χ1) is 19.5. The van der Waals surface area contributed by atoms with Crippen LogP contribution >= 0.6 is 34.5 Å². The normalized spacial score (nSPS) is 14.1. The molecule has 1 aromatic heterocycles. The van der Waals surface area contributed by atoms with Crippen LogP contribution in [0.15, 0.2) is 58.9 Å². The highest BCUT2D eigenvalue weighted by Gasteiger charge is 2.32. The molecule has 41 heavy (non-hydrogen) atoms. The van der Waals surface area contributed by atoms with Crippen molar-refractivity contribution < 1.29 is 27.9 Å². The molecule has 0 unspecified atom stereocenters. The lowest BCUT2D eigenvalue weighted by Gasteiger charge is -2.31. The average Bonchev–Trinajstić information content (AvgIpc) is 3.43. The Morgan fingerprint density at radius 2 is 1.88 bits per heavy atom. The van der Waals surface area contributed by atoms with E-state index in [0.29, 0.717) is 5.52 Å². The van der Waals surface area contributed by atoms with E-state index in [4.69, 9.17) is 27.9 Å². The van der Waals surface area contributed by atoms with Gasteiger partial charge in [0.2, 0.25) is 10.0 Å². The molecule has 2 aromatic carbocycles. The number of alkyl halides is 2. The van der Waals surface area contributed by atoms with Crippen LogP contribution in [0.1, 0.15) is 25.8 Å². The van der Waals surface area contributed by atoms with Crippen LogP contribution in [0.5, 0.6) is 0 Å². The number of aliphatic hydroxyl groups is 1. The van der Waals surface area contributed by atoms with Crippen LogP contribution in [0.3, 0.4) is 0 Å². The topological polar surface area (TPSA) is 138 Å². The van der Waals surface area contributed by atoms with Crippen molar-refractivity contribution in [2.75, 3.05) is 26.2 Å². The van der Waals surface area contributed by atoms with Crippen molar-refractivity contribution in [2.24, 2.45) is 5.92 Å². The molecular weight excluding hydrogens is 611 g/mol. The number of nitrogens with one attached hydrogen (secondary N) is 2. The van der Waals surface area contributed by atoms with Crippen molar-refractivity contribution >= 4 is 66.8 Å². The van der Waals surface area contributed by atoms with Crippen LogP contribution in [0, 0.1) is 5.92 Å². The maximum absolute atomic E-state index is 13.8. The molecule has 0 saturated heterocycles. The van der Waals surface area contributed by atoms with Crippen LogP contribution in [0.2, 0.25) is 0 Å². The minimum absolute atomic E-state index is 0.0148. The highest BCUT2D eigenvalue weighted by molar-refractivity contribution is 7.89. The van der Waals surface area contributed by atoms with Gasteiger partial charge in [0.15, 0.2) is 4.84 Å². The number of nitrogens with zero attached hydrogens (tertiary/aromatic N) is 2. The zero-order chi connectivity index (χ0) is 30.0. The Balaban J connectivity index is 1.78. The number of sulfonamides is 1. The number of carbonyl (C=O) groups excluding carboxylic acids is 2. The standard InChI is InChI=1S/C27H34Cl2N4O6S2/c1-3-18(2)15-33(41(37,38)20-9-10-21-24(14-20)40-17-31-21)16-23(34)22(13-19-7-5-4-6-8-19)32-27(36)39-12-11-30-26(35)25(28)29/h4-10,14,17-18,22-23,25,34H,3,11-13,15-16H2,1-2H3,(H,30,35)(H,32,36)/t18-,22-,23+/m0/s1. The molecule has 3 aromatic rings. The van der Waals surface area contributed by atoms with Gasteiger partial charge in [-0.15, -0.1) is 11.3 Å². The molecule has 14 heteroatoms. The number of aromatic nitrogens is 1. The van der Waals surface area contributed by atoms with Gasteiger partial charge in [-0.05, 0) is 36.1 Å². The molecule has 3 N–H and O–H groups in total. The van der Waals surface area contributed by atoms with Crippen molar-refractivity contribution in [1.29, 1.82) is 0 Å². The molecule has 0 saturated carbocycles. The second kappa shape index (κ2) is 15.7. The first-order valence-corrected chi connectivity index (χ1v) is 16.2. The Bertz CT molecular complexity index is 1390. The van der Waals surface area contributed by atoms with Gasteiger partial charge < -0.3 is 20.5 Å². The number of hydrogen-bond donors (Lipinski definition) is 3. The maximum Gasteiger partial charge on any atom is 0.407 e. The van der Waals surface area contributed by atoms with E-state index in [9.17, 15) is 23.1 Å². The van der Waals surface area contributed by atoms with Gasteiger partial charge in [0.1, 0.15) is 6.61 Å². The van der Waals surface area contributed by atoms with E-state index in [1.807, 2.05) is 44.2 Å². The lowest BCUT2D eigenvalue weighted by molar-refractivity contribution is -0.119. The third-order valence-corrected chi connectivity index (χ3v) is 9.46. The number of carbonyl (C=O) groups is 2. The van der Waals surface area contributed by atoms with Gasteiger partial charge in [0.25, 0.3) is 5.91 Å². The van der Waals surface area contributed by atoms with Crippen molar-refractivity contribution in [2.45, 2.75) is 48.6 Å². The predicted molar refractivity (Wildman–Crippen MR) is 161 cm³/mol.